The number of carbonyl (C=O) groups excluding carboxylic acids is 2. The summed E-state index contributed by atoms with van der Waals surface area (Å²) >= 11 is 0. The van der Waals surface area contributed by atoms with Crippen LogP contribution < -0.4 is 16.4 Å². The van der Waals surface area contributed by atoms with Crippen molar-refractivity contribution >= 4 is 23.3 Å². The summed E-state index contributed by atoms with van der Waals surface area (Å²) in [5.41, 5.74) is 8.90. The summed E-state index contributed by atoms with van der Waals surface area (Å²) in [5, 5.41) is 13.3. The van der Waals surface area contributed by atoms with Crippen molar-refractivity contribution in [2.45, 2.75) is 26.3 Å². The highest BCUT2D eigenvalue weighted by molar-refractivity contribution is 5.97. The van der Waals surface area contributed by atoms with Crippen molar-refractivity contribution in [3.05, 3.63) is 71.4 Å². The first-order valence-electron chi connectivity index (χ1n) is 9.47. The normalized spacial score (nSPS) is 10.5. The van der Waals surface area contributed by atoms with Crippen LogP contribution in [-0.4, -0.2) is 33.4 Å². The van der Waals surface area contributed by atoms with Crippen LogP contribution in [0.15, 0.2) is 54.6 Å². The van der Waals surface area contributed by atoms with Gasteiger partial charge in [0.2, 0.25) is 5.91 Å². The highest BCUT2D eigenvalue weighted by Crippen LogP contribution is 2.16. The molecule has 2 amide bonds. The average Bonchev–Trinajstić information content (AvgIpc) is 3.09. The van der Waals surface area contributed by atoms with Crippen molar-refractivity contribution in [2.24, 2.45) is 0 Å². The van der Waals surface area contributed by atoms with Gasteiger partial charge < -0.3 is 16.4 Å². The second-order valence-electron chi connectivity index (χ2n) is 6.53. The molecule has 0 saturated carbocycles. The predicted octanol–water partition coefficient (Wildman–Crippen LogP) is 2.03. The zero-order valence-corrected chi connectivity index (χ0v) is 16.3. The van der Waals surface area contributed by atoms with Gasteiger partial charge in [-0.05, 0) is 30.0 Å². The molecule has 150 valence electrons. The van der Waals surface area contributed by atoms with E-state index in [9.17, 15) is 9.59 Å². The maximum absolute atomic E-state index is 12.4. The molecule has 0 fully saturated rings. The summed E-state index contributed by atoms with van der Waals surface area (Å²) in [6, 6.07) is 17.4. The van der Waals surface area contributed by atoms with Gasteiger partial charge in [-0.3, -0.25) is 9.59 Å². The third kappa shape index (κ3) is 5.19. The van der Waals surface area contributed by atoms with E-state index in [-0.39, 0.29) is 24.0 Å². The minimum atomic E-state index is -0.415. The number of hydrogen-bond donors (Lipinski definition) is 3. The van der Waals surface area contributed by atoms with E-state index < -0.39 is 5.91 Å². The smallest absolute Gasteiger partial charge is 0.275 e. The third-order valence-electron chi connectivity index (χ3n) is 4.50. The SMILES string of the molecule is CCc1ccccc1NC(=O)Cn1nnc(C(=O)NCCc2ccccc2)c1N. The summed E-state index contributed by atoms with van der Waals surface area (Å²) in [7, 11) is 0. The highest BCUT2D eigenvalue weighted by Gasteiger charge is 2.19. The minimum absolute atomic E-state index is 0.0137. The van der Waals surface area contributed by atoms with E-state index in [4.69, 9.17) is 5.73 Å². The number of nitrogens with two attached hydrogens (primary N) is 1. The van der Waals surface area contributed by atoms with E-state index in [1.54, 1.807) is 0 Å². The molecule has 3 rings (SSSR count). The Kier molecular flexibility index (Phi) is 6.57. The number of benzene rings is 2. The third-order valence-corrected chi connectivity index (χ3v) is 4.50. The lowest BCUT2D eigenvalue weighted by molar-refractivity contribution is -0.116. The lowest BCUT2D eigenvalue weighted by Gasteiger charge is -2.10. The number of para-hydroxylation sites is 1. The topological polar surface area (TPSA) is 115 Å². The number of nitrogens with one attached hydrogen (secondary N) is 2. The molecular weight excluding hydrogens is 368 g/mol. The van der Waals surface area contributed by atoms with E-state index in [1.165, 1.54) is 4.68 Å². The molecule has 2 aromatic carbocycles. The summed E-state index contributed by atoms with van der Waals surface area (Å²) in [5.74, 6) is -0.652. The van der Waals surface area contributed by atoms with Gasteiger partial charge in [-0.15, -0.1) is 5.10 Å². The summed E-state index contributed by atoms with van der Waals surface area (Å²) < 4.78 is 1.22. The molecule has 0 spiro atoms. The molecule has 0 atom stereocenters. The van der Waals surface area contributed by atoms with Crippen LogP contribution in [0.25, 0.3) is 0 Å². The van der Waals surface area contributed by atoms with Gasteiger partial charge >= 0.3 is 0 Å². The lowest BCUT2D eigenvalue weighted by Crippen LogP contribution is -2.27. The summed E-state index contributed by atoms with van der Waals surface area (Å²) in [6.07, 6.45) is 1.50. The van der Waals surface area contributed by atoms with Gasteiger partial charge in [0.1, 0.15) is 6.54 Å². The van der Waals surface area contributed by atoms with Crippen LogP contribution in [0.2, 0.25) is 0 Å². The largest absolute Gasteiger partial charge is 0.382 e. The Morgan fingerprint density at radius 2 is 1.79 bits per heavy atom. The summed E-state index contributed by atoms with van der Waals surface area (Å²) in [4.78, 5) is 24.7. The number of nitrogen functional groups attached to an aromatic ring is 1. The molecule has 3 aromatic rings. The zero-order valence-electron chi connectivity index (χ0n) is 16.3. The fraction of sp³-hybridized carbons (Fsp3) is 0.238. The molecule has 8 heteroatoms. The highest BCUT2D eigenvalue weighted by atomic mass is 16.2. The van der Waals surface area contributed by atoms with Gasteiger partial charge in [0, 0.05) is 12.2 Å². The lowest BCUT2D eigenvalue weighted by atomic mass is 10.1. The Morgan fingerprint density at radius 3 is 2.55 bits per heavy atom. The zero-order chi connectivity index (χ0) is 20.6. The van der Waals surface area contributed by atoms with Crippen molar-refractivity contribution in [1.29, 1.82) is 0 Å². The molecule has 0 unspecified atom stereocenters. The van der Waals surface area contributed by atoms with Gasteiger partial charge in [0.15, 0.2) is 11.5 Å². The molecule has 0 aliphatic carbocycles. The Hall–Kier alpha value is -3.68. The predicted molar refractivity (Wildman–Crippen MR) is 111 cm³/mol. The van der Waals surface area contributed by atoms with Gasteiger partial charge in [-0.25, -0.2) is 4.68 Å². The van der Waals surface area contributed by atoms with Crippen LogP contribution >= 0.6 is 0 Å². The first-order valence-corrected chi connectivity index (χ1v) is 9.47. The molecule has 4 N–H and O–H groups in total. The number of aryl methyl sites for hydroxylation is 1. The van der Waals surface area contributed by atoms with Crippen LogP contribution in [0, 0.1) is 0 Å². The molecule has 0 aliphatic heterocycles. The maximum Gasteiger partial charge on any atom is 0.275 e. The first kappa shape index (κ1) is 20.1. The van der Waals surface area contributed by atoms with E-state index in [2.05, 4.69) is 20.9 Å². The Labute approximate surface area is 169 Å². The van der Waals surface area contributed by atoms with Crippen LogP contribution in [-0.2, 0) is 24.2 Å². The number of hydrogen-bond acceptors (Lipinski definition) is 5. The quantitative estimate of drug-likeness (QED) is 0.543. The monoisotopic (exact) mass is 392 g/mol. The van der Waals surface area contributed by atoms with Gasteiger partial charge in [0.05, 0.1) is 0 Å². The number of aromatic nitrogens is 3. The molecule has 0 radical (unpaired) electrons. The molecule has 0 bridgehead atoms. The van der Waals surface area contributed by atoms with Crippen molar-refractivity contribution in [2.75, 3.05) is 17.6 Å². The van der Waals surface area contributed by atoms with Crippen molar-refractivity contribution < 1.29 is 9.59 Å². The Morgan fingerprint density at radius 1 is 1.07 bits per heavy atom. The number of amides is 2. The molecule has 8 nitrogen and oxygen atoms in total. The van der Waals surface area contributed by atoms with Crippen LogP contribution in [0.1, 0.15) is 28.5 Å². The molecule has 1 heterocycles. The fourth-order valence-corrected chi connectivity index (χ4v) is 2.92. The van der Waals surface area contributed by atoms with Crippen molar-refractivity contribution in [3.8, 4) is 0 Å². The molecule has 0 aliphatic rings. The van der Waals surface area contributed by atoms with E-state index in [0.717, 1.165) is 23.2 Å². The van der Waals surface area contributed by atoms with E-state index >= 15 is 0 Å². The fourth-order valence-electron chi connectivity index (χ4n) is 2.92. The van der Waals surface area contributed by atoms with Crippen LogP contribution in [0.4, 0.5) is 11.5 Å². The maximum atomic E-state index is 12.4. The molecule has 29 heavy (non-hydrogen) atoms. The minimum Gasteiger partial charge on any atom is -0.382 e. The second-order valence-corrected chi connectivity index (χ2v) is 6.53. The van der Waals surface area contributed by atoms with Crippen molar-refractivity contribution in [1.82, 2.24) is 20.3 Å². The van der Waals surface area contributed by atoms with Gasteiger partial charge in [-0.1, -0.05) is 60.7 Å². The first-order chi connectivity index (χ1) is 14.1. The Bertz CT molecular complexity index is 984. The van der Waals surface area contributed by atoms with Crippen LogP contribution in [0.5, 0.6) is 0 Å². The van der Waals surface area contributed by atoms with E-state index in [1.807, 2.05) is 61.5 Å². The molecule has 0 saturated heterocycles. The van der Waals surface area contributed by atoms with Gasteiger partial charge in [-0.2, -0.15) is 0 Å². The standard InChI is InChI=1S/C21H24N6O2/c1-2-16-10-6-7-11-17(16)24-18(28)14-27-20(22)19(25-26-27)21(29)23-13-12-15-8-4-3-5-9-15/h3-11H,2,12-14,22H2,1H3,(H,23,29)(H,24,28). The average molecular weight is 392 g/mol. The van der Waals surface area contributed by atoms with E-state index in [0.29, 0.717) is 13.0 Å². The Balaban J connectivity index is 1.57. The second kappa shape index (κ2) is 9.50. The molecular formula is C21H24N6O2. The number of rotatable bonds is 8. The number of carbonyl (C=O) groups is 2. The molecule has 1 aromatic heterocycles. The van der Waals surface area contributed by atoms with Crippen LogP contribution in [0.3, 0.4) is 0 Å². The van der Waals surface area contributed by atoms with Gasteiger partial charge in [0.25, 0.3) is 5.91 Å². The van der Waals surface area contributed by atoms with Crippen molar-refractivity contribution in [3.63, 3.8) is 0 Å². The number of nitrogens with zero attached hydrogens (tertiary/aromatic N) is 3. The summed E-state index contributed by atoms with van der Waals surface area (Å²) in [6.45, 7) is 2.33. The number of anilines is 2.